The van der Waals surface area contributed by atoms with E-state index in [1.165, 1.54) is 0 Å². The first-order valence-corrected chi connectivity index (χ1v) is 7.33. The fourth-order valence-corrected chi connectivity index (χ4v) is 2.93. The van der Waals surface area contributed by atoms with Crippen molar-refractivity contribution < 1.29 is 0 Å². The molecule has 0 saturated heterocycles. The molecule has 1 aromatic carbocycles. The normalized spacial score (nSPS) is 11.1. The van der Waals surface area contributed by atoms with Crippen LogP contribution in [0.3, 0.4) is 0 Å². The molecule has 3 nitrogen and oxygen atoms in total. The molecule has 0 radical (unpaired) electrons. The minimum Gasteiger partial charge on any atom is -0.313 e. The van der Waals surface area contributed by atoms with Gasteiger partial charge in [0, 0.05) is 23.5 Å². The number of anilines is 1. The van der Waals surface area contributed by atoms with Crippen LogP contribution in [0.5, 0.6) is 0 Å². The topological polar surface area (TPSA) is 29.0 Å². The number of pyridine rings is 2. The Kier molecular flexibility index (Phi) is 3.50. The average Bonchev–Trinajstić information content (AvgIpc) is 2.46. The van der Waals surface area contributed by atoms with Crippen molar-refractivity contribution >= 4 is 50.4 Å². The summed E-state index contributed by atoms with van der Waals surface area (Å²) < 4.78 is 2.20. The lowest BCUT2D eigenvalue weighted by Gasteiger charge is -2.15. The molecular weight excluding hydrogens is 349 g/mol. The second-order valence-corrected chi connectivity index (χ2v) is 5.66. The monoisotopic (exact) mass is 363 g/mol. The summed E-state index contributed by atoms with van der Waals surface area (Å²) in [6.45, 7) is 3.21. The summed E-state index contributed by atoms with van der Waals surface area (Å²) in [6.07, 6.45) is 4.87. The zero-order valence-corrected chi connectivity index (χ0v) is 12.8. The van der Waals surface area contributed by atoms with E-state index >= 15 is 0 Å². The van der Waals surface area contributed by atoms with Gasteiger partial charge in [-0.25, -0.2) is 0 Å². The molecule has 0 N–H and O–H groups in total. The van der Waals surface area contributed by atoms with Gasteiger partial charge in [-0.15, -0.1) is 0 Å². The first-order chi connectivity index (χ1) is 9.29. The van der Waals surface area contributed by atoms with Crippen molar-refractivity contribution in [1.29, 1.82) is 0 Å². The number of hydrogen-bond donors (Lipinski definition) is 0. The molecule has 0 fully saturated rings. The van der Waals surface area contributed by atoms with Crippen LogP contribution in [-0.4, -0.2) is 16.5 Å². The van der Waals surface area contributed by atoms with E-state index in [9.17, 15) is 0 Å². The van der Waals surface area contributed by atoms with Crippen LogP contribution in [0.15, 0.2) is 42.7 Å². The van der Waals surface area contributed by atoms with Crippen molar-refractivity contribution in [1.82, 2.24) is 9.97 Å². The van der Waals surface area contributed by atoms with Gasteiger partial charge in [0.2, 0.25) is 0 Å². The Bertz CT molecular complexity index is 727. The molecule has 0 unspecified atom stereocenters. The first kappa shape index (κ1) is 12.6. The van der Waals surface area contributed by atoms with Crippen LogP contribution in [0.1, 0.15) is 13.3 Å². The SMILES string of the molecule is CCCN(I)c1cnc2c(ccc3cccnc32)c1. The van der Waals surface area contributed by atoms with E-state index in [2.05, 4.69) is 67.1 Å². The first-order valence-electron chi connectivity index (χ1n) is 6.36. The molecule has 0 aliphatic heterocycles. The smallest absolute Gasteiger partial charge is 0.0966 e. The van der Waals surface area contributed by atoms with Crippen LogP contribution in [0.25, 0.3) is 21.8 Å². The van der Waals surface area contributed by atoms with Crippen molar-refractivity contribution in [2.24, 2.45) is 0 Å². The van der Waals surface area contributed by atoms with E-state index in [0.29, 0.717) is 0 Å². The van der Waals surface area contributed by atoms with E-state index in [4.69, 9.17) is 0 Å². The fourth-order valence-electron chi connectivity index (χ4n) is 2.18. The molecule has 0 aliphatic carbocycles. The van der Waals surface area contributed by atoms with E-state index in [1.807, 2.05) is 18.5 Å². The van der Waals surface area contributed by atoms with Crippen molar-refractivity contribution in [2.75, 3.05) is 9.66 Å². The highest BCUT2D eigenvalue weighted by Gasteiger charge is 2.06. The quantitative estimate of drug-likeness (QED) is 0.394. The Morgan fingerprint density at radius 2 is 1.89 bits per heavy atom. The Morgan fingerprint density at radius 3 is 2.74 bits per heavy atom. The molecule has 0 atom stereocenters. The maximum Gasteiger partial charge on any atom is 0.0966 e. The van der Waals surface area contributed by atoms with Gasteiger partial charge in [0.25, 0.3) is 0 Å². The Morgan fingerprint density at radius 1 is 1.11 bits per heavy atom. The summed E-state index contributed by atoms with van der Waals surface area (Å²) in [5.41, 5.74) is 3.09. The summed E-state index contributed by atoms with van der Waals surface area (Å²) in [5.74, 6) is 0. The lowest BCUT2D eigenvalue weighted by molar-refractivity contribution is 0.944. The second-order valence-electron chi connectivity index (χ2n) is 4.49. The highest BCUT2D eigenvalue weighted by Crippen LogP contribution is 2.26. The Labute approximate surface area is 126 Å². The standard InChI is InChI=1S/C15H14IN3/c1-2-8-19(16)13-9-12-6-5-11-4-3-7-17-14(11)15(12)18-10-13/h3-7,9-10H,2,8H2,1H3. The zero-order valence-electron chi connectivity index (χ0n) is 10.7. The minimum absolute atomic E-state index is 0.974. The lowest BCUT2D eigenvalue weighted by atomic mass is 10.1. The number of hydrogen-bond acceptors (Lipinski definition) is 3. The molecule has 2 aromatic heterocycles. The minimum atomic E-state index is 0.974. The Hall–Kier alpha value is -1.43. The van der Waals surface area contributed by atoms with E-state index < -0.39 is 0 Å². The largest absolute Gasteiger partial charge is 0.313 e. The second kappa shape index (κ2) is 5.28. The molecule has 0 saturated carbocycles. The Balaban J connectivity index is 2.17. The number of benzene rings is 1. The van der Waals surface area contributed by atoms with Crippen molar-refractivity contribution in [3.63, 3.8) is 0 Å². The summed E-state index contributed by atoms with van der Waals surface area (Å²) >= 11 is 2.34. The molecule has 2 heterocycles. The van der Waals surface area contributed by atoms with Crippen LogP contribution in [0, 0.1) is 0 Å². The van der Waals surface area contributed by atoms with Crippen molar-refractivity contribution in [3.8, 4) is 0 Å². The summed E-state index contributed by atoms with van der Waals surface area (Å²) in [4.78, 5) is 9.05. The third-order valence-electron chi connectivity index (χ3n) is 3.11. The van der Waals surface area contributed by atoms with Crippen LogP contribution in [0.2, 0.25) is 0 Å². The number of halogens is 1. The zero-order chi connectivity index (χ0) is 13.2. The average molecular weight is 363 g/mol. The van der Waals surface area contributed by atoms with Crippen LogP contribution in [0.4, 0.5) is 5.69 Å². The molecule has 0 aliphatic rings. The summed E-state index contributed by atoms with van der Waals surface area (Å²) in [6, 6.07) is 10.4. The molecular formula is C15H14IN3. The maximum absolute atomic E-state index is 4.60. The van der Waals surface area contributed by atoms with Gasteiger partial charge in [-0.1, -0.05) is 25.1 Å². The van der Waals surface area contributed by atoms with Gasteiger partial charge in [0.05, 0.1) is 45.8 Å². The highest BCUT2D eigenvalue weighted by atomic mass is 127. The van der Waals surface area contributed by atoms with Crippen LogP contribution in [-0.2, 0) is 0 Å². The molecule has 19 heavy (non-hydrogen) atoms. The van der Waals surface area contributed by atoms with Gasteiger partial charge in [-0.3, -0.25) is 9.97 Å². The van der Waals surface area contributed by atoms with Crippen LogP contribution < -0.4 is 3.11 Å². The van der Waals surface area contributed by atoms with Gasteiger partial charge >= 0.3 is 0 Å². The molecule has 3 aromatic rings. The summed E-state index contributed by atoms with van der Waals surface area (Å²) in [7, 11) is 0. The number of nitrogens with zero attached hydrogens (tertiary/aromatic N) is 3. The molecule has 0 bridgehead atoms. The third-order valence-corrected chi connectivity index (χ3v) is 4.15. The molecule has 96 valence electrons. The molecule has 3 rings (SSSR count). The fraction of sp³-hybridized carbons (Fsp3) is 0.200. The predicted octanol–water partition coefficient (Wildman–Crippen LogP) is 4.35. The van der Waals surface area contributed by atoms with Gasteiger partial charge in [0.15, 0.2) is 0 Å². The van der Waals surface area contributed by atoms with E-state index in [-0.39, 0.29) is 0 Å². The number of fused-ring (bicyclic) bond motifs is 3. The number of aromatic nitrogens is 2. The maximum atomic E-state index is 4.60. The molecule has 4 heteroatoms. The van der Waals surface area contributed by atoms with Gasteiger partial charge in [0.1, 0.15) is 0 Å². The summed E-state index contributed by atoms with van der Waals surface area (Å²) in [5, 5.41) is 2.27. The predicted molar refractivity (Wildman–Crippen MR) is 88.7 cm³/mol. The third kappa shape index (κ3) is 2.36. The van der Waals surface area contributed by atoms with E-state index in [1.54, 1.807) is 0 Å². The van der Waals surface area contributed by atoms with Gasteiger partial charge < -0.3 is 3.11 Å². The highest BCUT2D eigenvalue weighted by molar-refractivity contribution is 14.1. The van der Waals surface area contributed by atoms with Crippen molar-refractivity contribution in [2.45, 2.75) is 13.3 Å². The lowest BCUT2D eigenvalue weighted by Crippen LogP contribution is -2.09. The van der Waals surface area contributed by atoms with Crippen LogP contribution >= 0.6 is 22.9 Å². The van der Waals surface area contributed by atoms with Gasteiger partial charge in [-0.05, 0) is 18.6 Å². The van der Waals surface area contributed by atoms with Gasteiger partial charge in [-0.2, -0.15) is 0 Å². The molecule has 0 amide bonds. The number of rotatable bonds is 3. The van der Waals surface area contributed by atoms with E-state index in [0.717, 1.165) is 40.5 Å². The van der Waals surface area contributed by atoms with Crippen molar-refractivity contribution in [3.05, 3.63) is 42.7 Å². The molecule has 0 spiro atoms.